The average Bonchev–Trinajstić information content (AvgIpc) is 3.09. The van der Waals surface area contributed by atoms with Crippen LogP contribution in [0.5, 0.6) is 0 Å². The molecule has 19 heavy (non-hydrogen) atoms. The molecule has 0 bridgehead atoms. The molecule has 0 N–H and O–H groups in total. The molecule has 1 heterocycles. The summed E-state index contributed by atoms with van der Waals surface area (Å²) in [4.78, 5) is 14.5. The average molecular weight is 327 g/mol. The minimum atomic E-state index is 0.130. The number of amides is 1. The maximum absolute atomic E-state index is 12.6. The van der Waals surface area contributed by atoms with Crippen LogP contribution in [0.25, 0.3) is 0 Å². The van der Waals surface area contributed by atoms with Crippen LogP contribution in [-0.4, -0.2) is 28.5 Å². The third-order valence-electron chi connectivity index (χ3n) is 3.77. The topological polar surface area (TPSA) is 25.2 Å². The van der Waals surface area contributed by atoms with E-state index in [9.17, 15) is 4.79 Å². The SMILES string of the molecule is CC(C)CC(C)N(C)C(=O)c1cc(Br)cn1C1CC1. The van der Waals surface area contributed by atoms with E-state index >= 15 is 0 Å². The lowest BCUT2D eigenvalue weighted by molar-refractivity contribution is 0.0717. The van der Waals surface area contributed by atoms with Gasteiger partial charge in [0.2, 0.25) is 0 Å². The van der Waals surface area contributed by atoms with Crippen molar-refractivity contribution < 1.29 is 4.79 Å². The largest absolute Gasteiger partial charge is 0.339 e. The Hall–Kier alpha value is -0.770. The van der Waals surface area contributed by atoms with Gasteiger partial charge in [-0.15, -0.1) is 0 Å². The van der Waals surface area contributed by atoms with Crippen LogP contribution in [0.2, 0.25) is 0 Å². The first-order valence-electron chi connectivity index (χ1n) is 7.04. The van der Waals surface area contributed by atoms with E-state index in [0.717, 1.165) is 16.6 Å². The van der Waals surface area contributed by atoms with Gasteiger partial charge in [0.15, 0.2) is 0 Å². The summed E-state index contributed by atoms with van der Waals surface area (Å²) in [5.41, 5.74) is 0.812. The Morgan fingerprint density at radius 3 is 2.63 bits per heavy atom. The molecule has 0 aliphatic heterocycles. The van der Waals surface area contributed by atoms with Crippen LogP contribution in [0.4, 0.5) is 0 Å². The lowest BCUT2D eigenvalue weighted by Gasteiger charge is -2.26. The molecule has 1 aliphatic carbocycles. The molecule has 3 nitrogen and oxygen atoms in total. The third-order valence-corrected chi connectivity index (χ3v) is 4.20. The molecule has 0 spiro atoms. The van der Waals surface area contributed by atoms with Crippen LogP contribution in [-0.2, 0) is 0 Å². The summed E-state index contributed by atoms with van der Waals surface area (Å²) < 4.78 is 3.12. The maximum Gasteiger partial charge on any atom is 0.270 e. The van der Waals surface area contributed by atoms with Gasteiger partial charge in [-0.1, -0.05) is 13.8 Å². The van der Waals surface area contributed by atoms with E-state index in [2.05, 4.69) is 41.3 Å². The Bertz CT molecular complexity index is 463. The van der Waals surface area contributed by atoms with Crippen molar-refractivity contribution in [2.75, 3.05) is 7.05 Å². The molecule has 1 fully saturated rings. The van der Waals surface area contributed by atoms with Crippen LogP contribution in [0, 0.1) is 5.92 Å². The van der Waals surface area contributed by atoms with Gasteiger partial charge >= 0.3 is 0 Å². The summed E-state index contributed by atoms with van der Waals surface area (Å²) in [6.45, 7) is 6.51. The van der Waals surface area contributed by atoms with E-state index in [4.69, 9.17) is 0 Å². The molecule has 1 amide bonds. The van der Waals surface area contributed by atoms with E-state index in [1.54, 1.807) is 0 Å². The fourth-order valence-corrected chi connectivity index (χ4v) is 2.93. The Kier molecular flexibility index (Phi) is 4.39. The fraction of sp³-hybridized carbons (Fsp3) is 0.667. The first kappa shape index (κ1) is 14.6. The van der Waals surface area contributed by atoms with Crippen molar-refractivity contribution in [2.24, 2.45) is 5.92 Å². The van der Waals surface area contributed by atoms with Crippen LogP contribution >= 0.6 is 15.9 Å². The Balaban J connectivity index is 2.14. The second-order valence-corrected chi connectivity index (χ2v) is 6.99. The zero-order valence-electron chi connectivity index (χ0n) is 12.2. The van der Waals surface area contributed by atoms with Gasteiger partial charge in [-0.2, -0.15) is 0 Å². The first-order valence-corrected chi connectivity index (χ1v) is 7.84. The standard InChI is InChI=1S/C15H23BrN2O/c1-10(2)7-11(3)17(4)15(19)14-8-12(16)9-18(14)13-5-6-13/h8-11,13H,5-7H2,1-4H3. The molecule has 1 unspecified atom stereocenters. The number of hydrogen-bond acceptors (Lipinski definition) is 1. The number of carbonyl (C=O) groups excluding carboxylic acids is 1. The van der Waals surface area contributed by atoms with E-state index in [0.29, 0.717) is 12.0 Å². The summed E-state index contributed by atoms with van der Waals surface area (Å²) in [5.74, 6) is 0.734. The Morgan fingerprint density at radius 2 is 2.11 bits per heavy atom. The molecular formula is C15H23BrN2O. The van der Waals surface area contributed by atoms with Crippen molar-refractivity contribution in [3.05, 3.63) is 22.4 Å². The van der Waals surface area contributed by atoms with Gasteiger partial charge in [0, 0.05) is 29.8 Å². The second-order valence-electron chi connectivity index (χ2n) is 6.08. The van der Waals surface area contributed by atoms with Crippen molar-refractivity contribution in [3.8, 4) is 0 Å². The van der Waals surface area contributed by atoms with Gasteiger partial charge in [-0.05, 0) is 54.1 Å². The zero-order valence-corrected chi connectivity index (χ0v) is 13.8. The molecule has 1 aromatic heterocycles. The molecular weight excluding hydrogens is 304 g/mol. The van der Waals surface area contributed by atoms with Crippen LogP contribution in [0.15, 0.2) is 16.7 Å². The molecule has 0 saturated heterocycles. The molecule has 2 rings (SSSR count). The normalized spacial score (nSPS) is 16.7. The number of rotatable bonds is 5. The van der Waals surface area contributed by atoms with E-state index in [-0.39, 0.29) is 11.9 Å². The van der Waals surface area contributed by atoms with Crippen LogP contribution in [0.1, 0.15) is 56.6 Å². The molecule has 4 heteroatoms. The van der Waals surface area contributed by atoms with Crippen molar-refractivity contribution in [3.63, 3.8) is 0 Å². The number of halogens is 1. The van der Waals surface area contributed by atoms with Gasteiger partial charge in [0.05, 0.1) is 0 Å². The van der Waals surface area contributed by atoms with Gasteiger partial charge < -0.3 is 9.47 Å². The zero-order chi connectivity index (χ0) is 14.2. The van der Waals surface area contributed by atoms with Crippen molar-refractivity contribution in [2.45, 2.75) is 52.1 Å². The Labute approximate surface area is 124 Å². The summed E-state index contributed by atoms with van der Waals surface area (Å²) in [7, 11) is 1.91. The monoisotopic (exact) mass is 326 g/mol. The highest BCUT2D eigenvalue weighted by atomic mass is 79.9. The number of carbonyl (C=O) groups is 1. The highest BCUT2D eigenvalue weighted by molar-refractivity contribution is 9.10. The second kappa shape index (κ2) is 5.70. The quantitative estimate of drug-likeness (QED) is 0.799. The van der Waals surface area contributed by atoms with Crippen molar-refractivity contribution in [1.29, 1.82) is 0 Å². The number of hydrogen-bond donors (Lipinski definition) is 0. The highest BCUT2D eigenvalue weighted by Gasteiger charge is 2.29. The van der Waals surface area contributed by atoms with Gasteiger partial charge in [-0.25, -0.2) is 0 Å². The minimum absolute atomic E-state index is 0.130. The first-order chi connectivity index (χ1) is 8.90. The van der Waals surface area contributed by atoms with Gasteiger partial charge in [-0.3, -0.25) is 4.79 Å². The van der Waals surface area contributed by atoms with Crippen LogP contribution in [0.3, 0.4) is 0 Å². The van der Waals surface area contributed by atoms with Crippen molar-refractivity contribution in [1.82, 2.24) is 9.47 Å². The van der Waals surface area contributed by atoms with E-state index in [1.807, 2.05) is 24.2 Å². The maximum atomic E-state index is 12.6. The third kappa shape index (κ3) is 3.41. The van der Waals surface area contributed by atoms with Gasteiger partial charge in [0.1, 0.15) is 5.69 Å². The highest BCUT2D eigenvalue weighted by Crippen LogP contribution is 2.37. The molecule has 106 valence electrons. The van der Waals surface area contributed by atoms with Crippen LogP contribution < -0.4 is 0 Å². The van der Waals surface area contributed by atoms with E-state index in [1.165, 1.54) is 12.8 Å². The number of aromatic nitrogens is 1. The fourth-order valence-electron chi connectivity index (χ4n) is 2.49. The Morgan fingerprint density at radius 1 is 1.47 bits per heavy atom. The molecule has 0 radical (unpaired) electrons. The van der Waals surface area contributed by atoms with E-state index < -0.39 is 0 Å². The molecule has 1 saturated carbocycles. The summed E-state index contributed by atoms with van der Waals surface area (Å²) in [6, 6.07) is 2.74. The molecule has 1 aliphatic rings. The smallest absolute Gasteiger partial charge is 0.270 e. The predicted molar refractivity (Wildman–Crippen MR) is 81.4 cm³/mol. The summed E-state index contributed by atoms with van der Waals surface area (Å²) in [6.07, 6.45) is 5.44. The lowest BCUT2D eigenvalue weighted by Crippen LogP contribution is -2.36. The molecule has 1 aromatic rings. The summed E-state index contributed by atoms with van der Waals surface area (Å²) >= 11 is 3.48. The van der Waals surface area contributed by atoms with Gasteiger partial charge in [0.25, 0.3) is 5.91 Å². The number of nitrogens with zero attached hydrogens (tertiary/aromatic N) is 2. The minimum Gasteiger partial charge on any atom is -0.339 e. The van der Waals surface area contributed by atoms with Crippen molar-refractivity contribution >= 4 is 21.8 Å². The molecule has 0 aromatic carbocycles. The predicted octanol–water partition coefficient (Wildman–Crippen LogP) is 4.09. The summed E-state index contributed by atoms with van der Waals surface area (Å²) in [5, 5.41) is 0. The molecule has 1 atom stereocenters. The lowest BCUT2D eigenvalue weighted by atomic mass is 10.0.